The second-order valence-corrected chi connectivity index (χ2v) is 3.85. The average Bonchev–Trinajstić information content (AvgIpc) is 2.51. The van der Waals surface area contributed by atoms with Gasteiger partial charge in [-0.05, 0) is 17.5 Å². The van der Waals surface area contributed by atoms with Gasteiger partial charge >= 0.3 is 0 Å². The first-order chi connectivity index (χ1) is 6.27. The van der Waals surface area contributed by atoms with E-state index in [0.29, 0.717) is 5.02 Å². The third kappa shape index (κ3) is 1.66. The molecular weight excluding hydrogens is 206 g/mol. The molecule has 66 valence electrons. The summed E-state index contributed by atoms with van der Waals surface area (Å²) in [6.07, 6.45) is 3.07. The van der Waals surface area contributed by atoms with E-state index < -0.39 is 0 Å². The zero-order chi connectivity index (χ0) is 9.26. The number of nitrogens with zero attached hydrogens (tertiary/aromatic N) is 1. The zero-order valence-corrected chi connectivity index (χ0v) is 8.14. The van der Waals surface area contributed by atoms with Crippen LogP contribution >= 0.6 is 22.9 Å². The third-order valence-corrected chi connectivity index (χ3v) is 2.99. The van der Waals surface area contributed by atoms with E-state index in [4.69, 9.17) is 11.6 Å². The van der Waals surface area contributed by atoms with E-state index in [9.17, 15) is 5.11 Å². The molecule has 2 aromatic heterocycles. The lowest BCUT2D eigenvalue weighted by molar-refractivity contribution is 0.473. The van der Waals surface area contributed by atoms with Crippen LogP contribution < -0.4 is 0 Å². The van der Waals surface area contributed by atoms with Crippen LogP contribution in [0.15, 0.2) is 29.9 Å². The van der Waals surface area contributed by atoms with Gasteiger partial charge in [-0.25, -0.2) is 0 Å². The molecule has 0 bridgehead atoms. The lowest BCUT2D eigenvalue weighted by Crippen LogP contribution is -1.76. The van der Waals surface area contributed by atoms with Crippen molar-refractivity contribution in [3.05, 3.63) is 34.9 Å². The van der Waals surface area contributed by atoms with Crippen molar-refractivity contribution in [3.8, 4) is 16.2 Å². The van der Waals surface area contributed by atoms with Gasteiger partial charge in [0.2, 0.25) is 0 Å². The van der Waals surface area contributed by atoms with Crippen molar-refractivity contribution in [2.24, 2.45) is 0 Å². The summed E-state index contributed by atoms with van der Waals surface area (Å²) in [7, 11) is 0. The fourth-order valence-corrected chi connectivity index (χ4v) is 2.20. The molecule has 0 aliphatic heterocycles. The Morgan fingerprint density at radius 2 is 2.23 bits per heavy atom. The summed E-state index contributed by atoms with van der Waals surface area (Å²) in [5, 5.41) is 11.8. The molecule has 13 heavy (non-hydrogen) atoms. The third-order valence-electron chi connectivity index (χ3n) is 1.60. The van der Waals surface area contributed by atoms with Crippen molar-refractivity contribution in [2.75, 3.05) is 0 Å². The van der Waals surface area contributed by atoms with E-state index in [1.165, 1.54) is 17.5 Å². The van der Waals surface area contributed by atoms with E-state index in [-0.39, 0.29) is 5.75 Å². The van der Waals surface area contributed by atoms with Gasteiger partial charge in [0.15, 0.2) is 0 Å². The van der Waals surface area contributed by atoms with Crippen LogP contribution in [0.1, 0.15) is 0 Å². The minimum Gasteiger partial charge on any atom is -0.506 e. The lowest BCUT2D eigenvalue weighted by Gasteiger charge is -1.97. The van der Waals surface area contributed by atoms with Crippen LogP contribution in [0.4, 0.5) is 0 Å². The predicted octanol–water partition coefficient (Wildman–Crippen LogP) is 3.17. The van der Waals surface area contributed by atoms with Crippen molar-refractivity contribution in [2.45, 2.75) is 0 Å². The van der Waals surface area contributed by atoms with Crippen LogP contribution in [0.25, 0.3) is 10.4 Å². The summed E-state index contributed by atoms with van der Waals surface area (Å²) < 4.78 is 0. The van der Waals surface area contributed by atoms with Crippen molar-refractivity contribution in [1.82, 2.24) is 4.98 Å². The van der Waals surface area contributed by atoms with Crippen LogP contribution in [-0.2, 0) is 0 Å². The molecule has 0 fully saturated rings. The number of hydrogen-bond acceptors (Lipinski definition) is 3. The molecule has 2 aromatic rings. The Labute approximate surface area is 84.4 Å². The molecule has 2 rings (SSSR count). The molecule has 0 spiro atoms. The number of hydrogen-bond donors (Lipinski definition) is 1. The standard InChI is InChI=1S/C9H6ClNOS/c10-8-1-2-13-9(8)6-3-7(12)5-11-4-6/h1-5,12H. The van der Waals surface area contributed by atoms with Gasteiger partial charge in [-0.3, -0.25) is 4.98 Å². The Morgan fingerprint density at radius 3 is 2.85 bits per heavy atom. The summed E-state index contributed by atoms with van der Waals surface area (Å²) in [5.74, 6) is 0.155. The highest BCUT2D eigenvalue weighted by molar-refractivity contribution is 7.14. The Bertz CT molecular complexity index is 427. The van der Waals surface area contributed by atoms with Gasteiger partial charge in [0, 0.05) is 11.8 Å². The highest BCUT2D eigenvalue weighted by Crippen LogP contribution is 2.33. The molecule has 0 aliphatic carbocycles. The summed E-state index contributed by atoms with van der Waals surface area (Å²) in [5.41, 5.74) is 0.847. The number of aromatic nitrogens is 1. The number of aromatic hydroxyl groups is 1. The van der Waals surface area contributed by atoms with Gasteiger partial charge in [-0.2, -0.15) is 0 Å². The maximum Gasteiger partial charge on any atom is 0.134 e. The molecule has 0 radical (unpaired) electrons. The first-order valence-electron chi connectivity index (χ1n) is 3.65. The first kappa shape index (κ1) is 8.53. The normalized spacial score (nSPS) is 10.2. The largest absolute Gasteiger partial charge is 0.506 e. The second kappa shape index (κ2) is 3.36. The Kier molecular flexibility index (Phi) is 2.20. The summed E-state index contributed by atoms with van der Waals surface area (Å²) in [6, 6.07) is 3.47. The van der Waals surface area contributed by atoms with Crippen molar-refractivity contribution in [1.29, 1.82) is 0 Å². The number of pyridine rings is 1. The Morgan fingerprint density at radius 1 is 1.38 bits per heavy atom. The molecular formula is C9H6ClNOS. The molecule has 0 saturated carbocycles. The molecule has 0 aliphatic rings. The Balaban J connectivity index is 2.53. The SMILES string of the molecule is Oc1cncc(-c2sccc2Cl)c1. The van der Waals surface area contributed by atoms with Crippen LogP contribution in [0.2, 0.25) is 5.02 Å². The Hall–Kier alpha value is -1.06. The lowest BCUT2D eigenvalue weighted by atomic mass is 10.2. The van der Waals surface area contributed by atoms with Crippen LogP contribution in [0.3, 0.4) is 0 Å². The molecule has 0 amide bonds. The molecule has 4 heteroatoms. The summed E-state index contributed by atoms with van der Waals surface area (Å²) in [4.78, 5) is 4.81. The number of thiophene rings is 1. The quantitative estimate of drug-likeness (QED) is 0.786. The zero-order valence-electron chi connectivity index (χ0n) is 6.57. The van der Waals surface area contributed by atoms with Crippen LogP contribution in [-0.4, -0.2) is 10.1 Å². The molecule has 0 unspecified atom stereocenters. The summed E-state index contributed by atoms with van der Waals surface area (Å²) >= 11 is 7.46. The van der Waals surface area contributed by atoms with E-state index in [2.05, 4.69) is 4.98 Å². The van der Waals surface area contributed by atoms with Gasteiger partial charge in [0.05, 0.1) is 16.1 Å². The fraction of sp³-hybridized carbons (Fsp3) is 0. The number of halogens is 1. The van der Waals surface area contributed by atoms with Crippen molar-refractivity contribution < 1.29 is 5.11 Å². The smallest absolute Gasteiger partial charge is 0.134 e. The maximum absolute atomic E-state index is 9.20. The highest BCUT2D eigenvalue weighted by atomic mass is 35.5. The van der Waals surface area contributed by atoms with Gasteiger partial charge in [-0.1, -0.05) is 11.6 Å². The van der Waals surface area contributed by atoms with Gasteiger partial charge in [0.25, 0.3) is 0 Å². The molecule has 2 heterocycles. The fourth-order valence-electron chi connectivity index (χ4n) is 1.05. The minimum absolute atomic E-state index is 0.155. The minimum atomic E-state index is 0.155. The van der Waals surface area contributed by atoms with Gasteiger partial charge < -0.3 is 5.11 Å². The molecule has 0 atom stereocenters. The maximum atomic E-state index is 9.20. The van der Waals surface area contributed by atoms with Crippen LogP contribution in [0, 0.1) is 0 Å². The van der Waals surface area contributed by atoms with E-state index in [0.717, 1.165) is 10.4 Å². The predicted molar refractivity (Wildman–Crippen MR) is 54.2 cm³/mol. The topological polar surface area (TPSA) is 33.1 Å². The second-order valence-electron chi connectivity index (χ2n) is 2.53. The molecule has 0 saturated heterocycles. The monoisotopic (exact) mass is 211 g/mol. The van der Waals surface area contributed by atoms with Crippen molar-refractivity contribution in [3.63, 3.8) is 0 Å². The highest BCUT2D eigenvalue weighted by Gasteiger charge is 2.05. The van der Waals surface area contributed by atoms with Crippen molar-refractivity contribution >= 4 is 22.9 Å². The van der Waals surface area contributed by atoms with E-state index >= 15 is 0 Å². The van der Waals surface area contributed by atoms with Gasteiger partial charge in [0.1, 0.15) is 5.75 Å². The first-order valence-corrected chi connectivity index (χ1v) is 4.90. The van der Waals surface area contributed by atoms with E-state index in [1.54, 1.807) is 12.3 Å². The number of rotatable bonds is 1. The molecule has 0 aromatic carbocycles. The molecule has 1 N–H and O–H groups in total. The van der Waals surface area contributed by atoms with Crippen LogP contribution in [0.5, 0.6) is 5.75 Å². The van der Waals surface area contributed by atoms with E-state index in [1.807, 2.05) is 11.4 Å². The van der Waals surface area contributed by atoms with Gasteiger partial charge in [-0.15, -0.1) is 11.3 Å². The molecule has 2 nitrogen and oxygen atoms in total. The average molecular weight is 212 g/mol. The summed E-state index contributed by atoms with van der Waals surface area (Å²) in [6.45, 7) is 0.